The van der Waals surface area contributed by atoms with E-state index < -0.39 is 11.4 Å². The number of aromatic nitrogens is 2. The number of halogens is 3. The van der Waals surface area contributed by atoms with Crippen molar-refractivity contribution in [3.8, 4) is 6.07 Å². The summed E-state index contributed by atoms with van der Waals surface area (Å²) in [4.78, 5) is 18.4. The Labute approximate surface area is 198 Å². The Morgan fingerprint density at radius 3 is 2.28 bits per heavy atom. The highest BCUT2D eigenvalue weighted by Crippen LogP contribution is 2.34. The molecule has 0 spiro atoms. The van der Waals surface area contributed by atoms with Crippen molar-refractivity contribution in [1.82, 2.24) is 9.55 Å². The molecule has 0 radical (unpaired) electrons. The summed E-state index contributed by atoms with van der Waals surface area (Å²) in [5.74, 6) is -0.206. The molecule has 3 aromatic rings. The zero-order valence-electron chi connectivity index (χ0n) is 18.7. The van der Waals surface area contributed by atoms with Crippen LogP contribution >= 0.6 is 23.2 Å². The van der Waals surface area contributed by atoms with Crippen LogP contribution in [0.5, 0.6) is 0 Å². The van der Waals surface area contributed by atoms with Crippen LogP contribution in [0.3, 0.4) is 0 Å². The lowest BCUT2D eigenvalue weighted by Crippen LogP contribution is -2.37. The summed E-state index contributed by atoms with van der Waals surface area (Å²) >= 11 is 11.9. The van der Waals surface area contributed by atoms with Crippen molar-refractivity contribution >= 4 is 41.1 Å². The maximum atomic E-state index is 13.8. The van der Waals surface area contributed by atoms with Gasteiger partial charge in [-0.2, -0.15) is 5.26 Å². The first kappa shape index (κ1) is 25.4. The molecule has 1 atom stereocenters. The van der Waals surface area contributed by atoms with Crippen molar-refractivity contribution in [2.24, 2.45) is 0 Å². The van der Waals surface area contributed by atoms with Crippen LogP contribution in [0.4, 0.5) is 16.0 Å². The number of nitrogens with zero attached hydrogens (tertiary/aromatic N) is 4. The molecule has 1 aromatic heterocycles. The van der Waals surface area contributed by atoms with Gasteiger partial charge >= 0.3 is 0 Å². The highest BCUT2D eigenvalue weighted by molar-refractivity contribution is 6.35. The standard InChI is InChI=1S/C22H19Cl2FN4O.C2H6/c1-14-12-27-21(28(3)17-8-18(23)20(25)19(24)9-17)29(14)22(2,13-30)10-15-4-6-16(11-26)7-5-15;1-2/h4-9,12-13H,10H2,1-3H3;1-2H3/t22-;/m1./s1. The number of hydrogen-bond donors (Lipinski definition) is 0. The molecule has 32 heavy (non-hydrogen) atoms. The molecule has 0 unspecified atom stereocenters. The summed E-state index contributed by atoms with van der Waals surface area (Å²) < 4.78 is 15.7. The number of nitriles is 1. The number of imidazole rings is 1. The van der Waals surface area contributed by atoms with Crippen molar-refractivity contribution < 1.29 is 9.18 Å². The highest BCUT2D eigenvalue weighted by atomic mass is 35.5. The molecule has 2 aromatic carbocycles. The number of hydrogen-bond acceptors (Lipinski definition) is 4. The zero-order chi connectivity index (χ0) is 24.1. The van der Waals surface area contributed by atoms with Crippen molar-refractivity contribution in [2.75, 3.05) is 11.9 Å². The van der Waals surface area contributed by atoms with E-state index in [1.54, 1.807) is 30.3 Å². The summed E-state index contributed by atoms with van der Waals surface area (Å²) in [6, 6.07) is 12.1. The van der Waals surface area contributed by atoms with Crippen LogP contribution in [-0.4, -0.2) is 22.9 Å². The quantitative estimate of drug-likeness (QED) is 0.303. The summed E-state index contributed by atoms with van der Waals surface area (Å²) in [7, 11) is 1.74. The van der Waals surface area contributed by atoms with Gasteiger partial charge in [0.2, 0.25) is 5.95 Å². The number of carbonyl (C=O) groups excluding carboxylic acids is 1. The Morgan fingerprint density at radius 2 is 1.78 bits per heavy atom. The minimum absolute atomic E-state index is 0.102. The molecule has 0 fully saturated rings. The third-order valence-electron chi connectivity index (χ3n) is 4.99. The van der Waals surface area contributed by atoms with Crippen molar-refractivity contribution in [1.29, 1.82) is 5.26 Å². The van der Waals surface area contributed by atoms with Crippen molar-refractivity contribution in [3.05, 3.63) is 75.3 Å². The molecular weight excluding hydrogens is 450 g/mol. The SMILES string of the molecule is CC.Cc1cnc(N(C)c2cc(Cl)c(F)c(Cl)c2)n1[C@@](C)(C=O)Cc1ccc(C#N)cc1. The summed E-state index contributed by atoms with van der Waals surface area (Å²) in [6.45, 7) is 7.67. The van der Waals surface area contributed by atoms with Gasteiger partial charge < -0.3 is 14.3 Å². The van der Waals surface area contributed by atoms with Crippen molar-refractivity contribution in [2.45, 2.75) is 39.7 Å². The zero-order valence-corrected chi connectivity index (χ0v) is 20.2. The van der Waals surface area contributed by atoms with Crippen LogP contribution in [-0.2, 0) is 16.8 Å². The molecule has 0 N–H and O–H groups in total. The molecule has 0 bridgehead atoms. The molecule has 0 amide bonds. The van der Waals surface area contributed by atoms with Gasteiger partial charge in [-0.05, 0) is 43.7 Å². The topological polar surface area (TPSA) is 61.9 Å². The number of benzene rings is 2. The summed E-state index contributed by atoms with van der Waals surface area (Å²) in [5.41, 5.74) is 1.81. The molecular formula is C24H25Cl2FN4O. The Balaban J connectivity index is 0.00000176. The lowest BCUT2D eigenvalue weighted by Gasteiger charge is -2.31. The maximum absolute atomic E-state index is 13.8. The van der Waals surface area contributed by atoms with Gasteiger partial charge in [-0.1, -0.05) is 49.2 Å². The van der Waals surface area contributed by atoms with Crippen LogP contribution in [0.15, 0.2) is 42.6 Å². The molecule has 5 nitrogen and oxygen atoms in total. The summed E-state index contributed by atoms with van der Waals surface area (Å²) in [5, 5.41) is 8.79. The molecule has 3 rings (SSSR count). The van der Waals surface area contributed by atoms with Gasteiger partial charge in [0.05, 0.1) is 27.9 Å². The van der Waals surface area contributed by atoms with Crippen LogP contribution < -0.4 is 4.90 Å². The minimum Gasteiger partial charge on any atom is -0.315 e. The lowest BCUT2D eigenvalue weighted by molar-refractivity contribution is -0.114. The molecule has 8 heteroatoms. The first-order chi connectivity index (χ1) is 15.2. The fraction of sp³-hybridized carbons (Fsp3) is 0.292. The Hall–Kier alpha value is -2.88. The predicted molar refractivity (Wildman–Crippen MR) is 127 cm³/mol. The van der Waals surface area contributed by atoms with Gasteiger partial charge in [-0.25, -0.2) is 9.37 Å². The van der Waals surface area contributed by atoms with E-state index in [4.69, 9.17) is 28.5 Å². The molecule has 1 heterocycles. The molecule has 0 saturated heterocycles. The van der Waals surface area contributed by atoms with Gasteiger partial charge in [-0.15, -0.1) is 0 Å². The fourth-order valence-electron chi connectivity index (χ4n) is 3.43. The number of carbonyl (C=O) groups is 1. The molecule has 0 aliphatic heterocycles. The number of anilines is 2. The van der Waals surface area contributed by atoms with E-state index in [-0.39, 0.29) is 10.0 Å². The fourth-order valence-corrected chi connectivity index (χ4v) is 3.90. The molecule has 0 saturated carbocycles. The number of rotatable bonds is 6. The smallest absolute Gasteiger partial charge is 0.210 e. The van der Waals surface area contributed by atoms with Gasteiger partial charge in [0.1, 0.15) is 11.8 Å². The van der Waals surface area contributed by atoms with Gasteiger partial charge in [0.15, 0.2) is 5.82 Å². The van der Waals surface area contributed by atoms with Crippen molar-refractivity contribution in [3.63, 3.8) is 0 Å². The monoisotopic (exact) mass is 474 g/mol. The van der Waals surface area contributed by atoms with Gasteiger partial charge in [0, 0.05) is 24.8 Å². The van der Waals surface area contributed by atoms with E-state index in [0.29, 0.717) is 23.6 Å². The van der Waals surface area contributed by atoms with Crippen LogP contribution in [0.2, 0.25) is 10.0 Å². The third-order valence-corrected chi connectivity index (χ3v) is 5.54. The number of aldehydes is 1. The Morgan fingerprint density at radius 1 is 1.22 bits per heavy atom. The summed E-state index contributed by atoms with van der Waals surface area (Å²) in [6.07, 6.45) is 2.94. The second-order valence-corrected chi connectivity index (χ2v) is 8.09. The molecule has 0 aliphatic rings. The van der Waals surface area contributed by atoms with E-state index in [0.717, 1.165) is 17.5 Å². The van der Waals surface area contributed by atoms with Gasteiger partial charge in [-0.3, -0.25) is 0 Å². The van der Waals surface area contributed by atoms with E-state index in [1.807, 2.05) is 44.4 Å². The van der Waals surface area contributed by atoms with Crippen LogP contribution in [0.1, 0.15) is 37.6 Å². The third kappa shape index (κ3) is 5.12. The first-order valence-corrected chi connectivity index (χ1v) is 10.8. The lowest BCUT2D eigenvalue weighted by atomic mass is 9.93. The van der Waals surface area contributed by atoms with Gasteiger partial charge in [0.25, 0.3) is 0 Å². The van der Waals surface area contributed by atoms with E-state index >= 15 is 0 Å². The average molecular weight is 475 g/mol. The molecule has 0 aliphatic carbocycles. The highest BCUT2D eigenvalue weighted by Gasteiger charge is 2.32. The van der Waals surface area contributed by atoms with Crippen LogP contribution in [0, 0.1) is 24.1 Å². The Bertz CT molecular complexity index is 1110. The maximum Gasteiger partial charge on any atom is 0.210 e. The van der Waals surface area contributed by atoms with E-state index in [1.165, 1.54) is 12.1 Å². The van der Waals surface area contributed by atoms with E-state index in [2.05, 4.69) is 11.1 Å². The van der Waals surface area contributed by atoms with Crippen LogP contribution in [0.25, 0.3) is 0 Å². The molecule has 168 valence electrons. The normalized spacial score (nSPS) is 12.2. The van der Waals surface area contributed by atoms with E-state index in [9.17, 15) is 9.18 Å². The largest absolute Gasteiger partial charge is 0.315 e. The second-order valence-electron chi connectivity index (χ2n) is 7.28. The second kappa shape index (κ2) is 10.6. The first-order valence-electron chi connectivity index (χ1n) is 10.1. The minimum atomic E-state index is -0.952. The average Bonchev–Trinajstić information content (AvgIpc) is 3.20. The Kier molecular flexibility index (Phi) is 8.43. The number of aryl methyl sites for hydroxylation is 1. The predicted octanol–water partition coefficient (Wildman–Crippen LogP) is 6.46.